The Morgan fingerprint density at radius 3 is 2.85 bits per heavy atom. The molecule has 1 aromatic rings. The van der Waals surface area contributed by atoms with Gasteiger partial charge in [-0.3, -0.25) is 4.79 Å². The number of carbonyl (C=O) groups is 1. The molecule has 70 valence electrons. The highest BCUT2D eigenvalue weighted by atomic mass is 19.1. The molecule has 0 aliphatic heterocycles. The molecule has 0 aromatic carbocycles. The quantitative estimate of drug-likeness (QED) is 0.709. The topological polar surface area (TPSA) is 59.4 Å². The number of aliphatic carboxylic acids is 1. The molecule has 0 fully saturated rings. The molecule has 0 bridgehead atoms. The molecular formula is C8H8FNO3. The van der Waals surface area contributed by atoms with Crippen molar-refractivity contribution in [1.82, 2.24) is 4.98 Å². The first-order valence-electron chi connectivity index (χ1n) is 3.54. The lowest BCUT2D eigenvalue weighted by Gasteiger charge is -2.01. The smallest absolute Gasteiger partial charge is 0.307 e. The lowest BCUT2D eigenvalue weighted by Crippen LogP contribution is -2.04. The van der Waals surface area contributed by atoms with Gasteiger partial charge in [-0.05, 0) is 6.07 Å². The third-order valence-corrected chi connectivity index (χ3v) is 1.45. The summed E-state index contributed by atoms with van der Waals surface area (Å²) in [4.78, 5) is 13.6. The fourth-order valence-corrected chi connectivity index (χ4v) is 0.855. The van der Waals surface area contributed by atoms with E-state index < -0.39 is 11.9 Å². The van der Waals surface area contributed by atoms with Gasteiger partial charge in [0.15, 0.2) is 0 Å². The van der Waals surface area contributed by atoms with Crippen LogP contribution in [-0.2, 0) is 11.2 Å². The number of methoxy groups -OCH3 is 1. The maximum absolute atomic E-state index is 12.9. The molecule has 0 aliphatic rings. The molecule has 0 atom stereocenters. The highest BCUT2D eigenvalue weighted by Crippen LogP contribution is 2.11. The predicted molar refractivity (Wildman–Crippen MR) is 42.1 cm³/mol. The Morgan fingerprint density at radius 1 is 1.69 bits per heavy atom. The SMILES string of the molecule is COc1ccc(CC(=O)O)c(F)n1. The summed E-state index contributed by atoms with van der Waals surface area (Å²) in [6.45, 7) is 0. The minimum atomic E-state index is -1.09. The first-order valence-corrected chi connectivity index (χ1v) is 3.54. The van der Waals surface area contributed by atoms with E-state index in [9.17, 15) is 9.18 Å². The summed E-state index contributed by atoms with van der Waals surface area (Å²) in [6.07, 6.45) is -0.372. The Kier molecular flexibility index (Phi) is 2.79. The number of aromatic nitrogens is 1. The first-order chi connectivity index (χ1) is 6.13. The molecule has 0 spiro atoms. The summed E-state index contributed by atoms with van der Waals surface area (Å²) < 4.78 is 17.6. The van der Waals surface area contributed by atoms with Crippen molar-refractivity contribution >= 4 is 5.97 Å². The van der Waals surface area contributed by atoms with Crippen LogP contribution in [0.15, 0.2) is 12.1 Å². The fraction of sp³-hybridized carbons (Fsp3) is 0.250. The van der Waals surface area contributed by atoms with Gasteiger partial charge in [-0.15, -0.1) is 0 Å². The minimum absolute atomic E-state index is 0.0494. The zero-order valence-corrected chi connectivity index (χ0v) is 6.95. The Morgan fingerprint density at radius 2 is 2.38 bits per heavy atom. The Bertz CT molecular complexity index is 327. The molecule has 0 aliphatic carbocycles. The summed E-state index contributed by atoms with van der Waals surface area (Å²) in [6, 6.07) is 2.76. The molecule has 4 nitrogen and oxygen atoms in total. The van der Waals surface area contributed by atoms with Crippen molar-refractivity contribution < 1.29 is 19.0 Å². The van der Waals surface area contributed by atoms with Crippen molar-refractivity contribution in [2.24, 2.45) is 0 Å². The molecule has 0 radical (unpaired) electrons. The van der Waals surface area contributed by atoms with Crippen LogP contribution in [0.2, 0.25) is 0 Å². The van der Waals surface area contributed by atoms with Crippen LogP contribution in [0.4, 0.5) is 4.39 Å². The Balaban J connectivity index is 2.91. The van der Waals surface area contributed by atoms with Gasteiger partial charge in [-0.2, -0.15) is 9.37 Å². The van der Waals surface area contributed by atoms with Crippen molar-refractivity contribution in [3.63, 3.8) is 0 Å². The van der Waals surface area contributed by atoms with Crippen LogP contribution in [0, 0.1) is 5.95 Å². The fourth-order valence-electron chi connectivity index (χ4n) is 0.855. The van der Waals surface area contributed by atoms with Crippen LogP contribution in [-0.4, -0.2) is 23.2 Å². The molecule has 0 amide bonds. The number of hydrogen-bond donors (Lipinski definition) is 1. The van der Waals surface area contributed by atoms with Crippen LogP contribution < -0.4 is 4.74 Å². The van der Waals surface area contributed by atoms with Crippen LogP contribution in [0.5, 0.6) is 5.88 Å². The molecule has 13 heavy (non-hydrogen) atoms. The van der Waals surface area contributed by atoms with Crippen molar-refractivity contribution in [1.29, 1.82) is 0 Å². The molecule has 0 saturated heterocycles. The van der Waals surface area contributed by atoms with Gasteiger partial charge < -0.3 is 9.84 Å². The second-order valence-corrected chi connectivity index (χ2v) is 2.37. The van der Waals surface area contributed by atoms with E-state index in [2.05, 4.69) is 9.72 Å². The van der Waals surface area contributed by atoms with E-state index >= 15 is 0 Å². The molecule has 0 saturated carbocycles. The predicted octanol–water partition coefficient (Wildman–Crippen LogP) is 0.856. The average molecular weight is 185 g/mol. The summed E-state index contributed by atoms with van der Waals surface area (Å²) in [5.41, 5.74) is 0.0494. The van der Waals surface area contributed by atoms with Crippen LogP contribution in [0.3, 0.4) is 0 Å². The number of ether oxygens (including phenoxy) is 1. The van der Waals surface area contributed by atoms with Gasteiger partial charge in [-0.25, -0.2) is 0 Å². The minimum Gasteiger partial charge on any atom is -0.481 e. The lowest BCUT2D eigenvalue weighted by atomic mass is 10.2. The first kappa shape index (κ1) is 9.44. The molecule has 1 N–H and O–H groups in total. The van der Waals surface area contributed by atoms with Crippen LogP contribution >= 0.6 is 0 Å². The van der Waals surface area contributed by atoms with E-state index in [4.69, 9.17) is 5.11 Å². The summed E-state index contributed by atoms with van der Waals surface area (Å²) in [5.74, 6) is -1.76. The van der Waals surface area contributed by atoms with E-state index in [0.29, 0.717) is 0 Å². The maximum Gasteiger partial charge on any atom is 0.307 e. The lowest BCUT2D eigenvalue weighted by molar-refractivity contribution is -0.136. The van der Waals surface area contributed by atoms with Crippen molar-refractivity contribution in [3.05, 3.63) is 23.6 Å². The van der Waals surface area contributed by atoms with E-state index in [1.54, 1.807) is 0 Å². The molecule has 1 aromatic heterocycles. The van der Waals surface area contributed by atoms with Crippen molar-refractivity contribution in [2.75, 3.05) is 7.11 Å². The van der Waals surface area contributed by atoms with E-state index in [1.165, 1.54) is 19.2 Å². The zero-order valence-electron chi connectivity index (χ0n) is 6.95. The van der Waals surface area contributed by atoms with Crippen molar-refractivity contribution in [2.45, 2.75) is 6.42 Å². The van der Waals surface area contributed by atoms with Gasteiger partial charge in [0, 0.05) is 11.6 Å². The van der Waals surface area contributed by atoms with E-state index in [-0.39, 0.29) is 17.9 Å². The molecular weight excluding hydrogens is 177 g/mol. The third-order valence-electron chi connectivity index (χ3n) is 1.45. The number of pyridine rings is 1. The maximum atomic E-state index is 12.9. The highest BCUT2D eigenvalue weighted by Gasteiger charge is 2.08. The van der Waals surface area contributed by atoms with Gasteiger partial charge in [0.25, 0.3) is 0 Å². The largest absolute Gasteiger partial charge is 0.481 e. The summed E-state index contributed by atoms with van der Waals surface area (Å²) >= 11 is 0. The van der Waals surface area contributed by atoms with Crippen LogP contribution in [0.25, 0.3) is 0 Å². The molecule has 5 heteroatoms. The normalized spacial score (nSPS) is 9.69. The van der Waals surface area contributed by atoms with E-state index in [1.807, 2.05) is 0 Å². The number of halogens is 1. The van der Waals surface area contributed by atoms with Crippen molar-refractivity contribution in [3.8, 4) is 5.88 Å². The monoisotopic (exact) mass is 185 g/mol. The standard InChI is InChI=1S/C8H8FNO3/c1-13-6-3-2-5(4-7(11)12)8(9)10-6/h2-3H,4H2,1H3,(H,11,12). The van der Waals surface area contributed by atoms with Gasteiger partial charge >= 0.3 is 5.97 Å². The number of rotatable bonds is 3. The Hall–Kier alpha value is -1.65. The zero-order chi connectivity index (χ0) is 9.84. The second-order valence-electron chi connectivity index (χ2n) is 2.37. The molecule has 0 unspecified atom stereocenters. The number of carboxylic acid groups (broad SMARTS) is 1. The van der Waals surface area contributed by atoms with Crippen LogP contribution in [0.1, 0.15) is 5.56 Å². The van der Waals surface area contributed by atoms with Gasteiger partial charge in [0.2, 0.25) is 11.8 Å². The number of nitrogens with zero attached hydrogens (tertiary/aromatic N) is 1. The van der Waals surface area contributed by atoms with Gasteiger partial charge in [-0.1, -0.05) is 0 Å². The summed E-state index contributed by atoms with van der Waals surface area (Å²) in [7, 11) is 1.36. The number of hydrogen-bond acceptors (Lipinski definition) is 3. The van der Waals surface area contributed by atoms with Gasteiger partial charge in [0.1, 0.15) is 0 Å². The third kappa shape index (κ3) is 2.40. The Labute approximate surface area is 74.0 Å². The second kappa shape index (κ2) is 3.84. The van der Waals surface area contributed by atoms with Gasteiger partial charge in [0.05, 0.1) is 13.5 Å². The summed E-state index contributed by atoms with van der Waals surface area (Å²) in [5, 5.41) is 8.39. The molecule has 1 heterocycles. The van der Waals surface area contributed by atoms with E-state index in [0.717, 1.165) is 0 Å². The highest BCUT2D eigenvalue weighted by molar-refractivity contribution is 5.70. The average Bonchev–Trinajstić information content (AvgIpc) is 2.08. The number of carboxylic acids is 1. The molecule has 1 rings (SSSR count).